The van der Waals surface area contributed by atoms with E-state index < -0.39 is 23.9 Å². The van der Waals surface area contributed by atoms with Gasteiger partial charge in [-0.1, -0.05) is 6.92 Å². The predicted octanol–water partition coefficient (Wildman–Crippen LogP) is -0.124. The van der Waals surface area contributed by atoms with Crippen LogP contribution in [0.25, 0.3) is 0 Å². The third-order valence-electron chi connectivity index (χ3n) is 2.67. The molecule has 0 aromatic carbocycles. The molecule has 0 radical (unpaired) electrons. The molecule has 0 aliphatic carbocycles. The maximum atomic E-state index is 11.6. The van der Waals surface area contributed by atoms with E-state index in [1.165, 1.54) is 0 Å². The SMILES string of the molecule is CCC(=O)N1C(=O)C2CCC(=O)N2C1=O. The summed E-state index contributed by atoms with van der Waals surface area (Å²) in [4.78, 5) is 47.3. The van der Waals surface area contributed by atoms with Crippen molar-refractivity contribution in [3.8, 4) is 0 Å². The van der Waals surface area contributed by atoms with Crippen LogP contribution in [0.1, 0.15) is 26.2 Å². The Bertz CT molecular complexity index is 376. The number of urea groups is 1. The summed E-state index contributed by atoms with van der Waals surface area (Å²) in [6.07, 6.45) is 0.611. The van der Waals surface area contributed by atoms with Crippen molar-refractivity contribution in [2.75, 3.05) is 0 Å². The van der Waals surface area contributed by atoms with Gasteiger partial charge >= 0.3 is 6.03 Å². The zero-order valence-corrected chi connectivity index (χ0v) is 8.23. The minimum absolute atomic E-state index is 0.0756. The number of nitrogens with zero attached hydrogens (tertiary/aromatic N) is 2. The molecule has 2 aliphatic heterocycles. The Hall–Kier alpha value is -1.72. The van der Waals surface area contributed by atoms with Crippen molar-refractivity contribution in [3.63, 3.8) is 0 Å². The summed E-state index contributed by atoms with van der Waals surface area (Å²) in [7, 11) is 0. The topological polar surface area (TPSA) is 74.8 Å². The fraction of sp³-hybridized carbons (Fsp3) is 0.556. The number of carbonyl (C=O) groups excluding carboxylic acids is 4. The normalized spacial score (nSPS) is 25.1. The van der Waals surface area contributed by atoms with Gasteiger partial charge in [0.05, 0.1) is 0 Å². The number of rotatable bonds is 1. The molecule has 2 fully saturated rings. The highest BCUT2D eigenvalue weighted by atomic mass is 16.2. The second kappa shape index (κ2) is 3.15. The zero-order valence-electron chi connectivity index (χ0n) is 8.23. The van der Waals surface area contributed by atoms with Crippen molar-refractivity contribution in [1.82, 2.24) is 9.80 Å². The molecule has 0 saturated carbocycles. The number of amides is 5. The summed E-state index contributed by atoms with van der Waals surface area (Å²) in [5.74, 6) is -1.48. The van der Waals surface area contributed by atoms with Crippen molar-refractivity contribution in [1.29, 1.82) is 0 Å². The van der Waals surface area contributed by atoms with Crippen LogP contribution in [0, 0.1) is 0 Å². The highest BCUT2D eigenvalue weighted by Gasteiger charge is 2.53. The minimum Gasteiger partial charge on any atom is -0.274 e. The van der Waals surface area contributed by atoms with Crippen molar-refractivity contribution in [2.45, 2.75) is 32.2 Å². The van der Waals surface area contributed by atoms with Crippen molar-refractivity contribution in [2.24, 2.45) is 0 Å². The van der Waals surface area contributed by atoms with Crippen LogP contribution in [-0.4, -0.2) is 39.6 Å². The van der Waals surface area contributed by atoms with E-state index in [0.29, 0.717) is 11.3 Å². The largest absolute Gasteiger partial charge is 0.341 e. The second-order valence-corrected chi connectivity index (χ2v) is 3.52. The van der Waals surface area contributed by atoms with Crippen molar-refractivity contribution >= 4 is 23.8 Å². The first-order valence-electron chi connectivity index (χ1n) is 4.80. The molecule has 2 heterocycles. The molecule has 15 heavy (non-hydrogen) atoms. The Morgan fingerprint density at radius 3 is 2.60 bits per heavy atom. The summed E-state index contributed by atoms with van der Waals surface area (Å²) in [6.45, 7) is 1.56. The quantitative estimate of drug-likeness (QED) is 0.565. The Morgan fingerprint density at radius 1 is 1.40 bits per heavy atom. The van der Waals surface area contributed by atoms with E-state index in [2.05, 4.69) is 0 Å². The summed E-state index contributed by atoms with van der Waals surface area (Å²) >= 11 is 0. The van der Waals surface area contributed by atoms with Crippen molar-refractivity contribution < 1.29 is 19.2 Å². The van der Waals surface area contributed by atoms with Gasteiger partial charge in [0.1, 0.15) is 6.04 Å². The average molecular weight is 210 g/mol. The molecule has 80 valence electrons. The molecule has 2 saturated heterocycles. The molecule has 1 atom stereocenters. The van der Waals surface area contributed by atoms with Gasteiger partial charge < -0.3 is 0 Å². The molecule has 0 aromatic rings. The lowest BCUT2D eigenvalue weighted by Gasteiger charge is -2.11. The summed E-state index contributed by atoms with van der Waals surface area (Å²) < 4.78 is 0. The van der Waals surface area contributed by atoms with Gasteiger partial charge in [-0.3, -0.25) is 19.3 Å². The van der Waals surface area contributed by atoms with Crippen LogP contribution < -0.4 is 0 Å². The van der Waals surface area contributed by atoms with E-state index in [9.17, 15) is 19.2 Å². The van der Waals surface area contributed by atoms with Crippen LogP contribution in [0.4, 0.5) is 4.79 Å². The standard InChI is InChI=1S/C9H10N2O4/c1-2-6(12)11-8(14)5-3-4-7(13)10(5)9(11)15/h5H,2-4H2,1H3. The maximum absolute atomic E-state index is 11.6. The molecule has 2 aliphatic rings. The van der Waals surface area contributed by atoms with E-state index in [0.717, 1.165) is 4.90 Å². The first kappa shape index (κ1) is 9.82. The first-order valence-corrected chi connectivity index (χ1v) is 4.80. The molecule has 6 nitrogen and oxygen atoms in total. The maximum Gasteiger partial charge on any atom is 0.341 e. The molecule has 2 rings (SSSR count). The fourth-order valence-electron chi connectivity index (χ4n) is 1.90. The van der Waals surface area contributed by atoms with Gasteiger partial charge in [0.2, 0.25) is 11.8 Å². The molecule has 5 amide bonds. The van der Waals surface area contributed by atoms with E-state index >= 15 is 0 Å². The van der Waals surface area contributed by atoms with E-state index in [-0.39, 0.29) is 18.7 Å². The van der Waals surface area contributed by atoms with Crippen LogP contribution >= 0.6 is 0 Å². The Kier molecular flexibility index (Phi) is 2.06. The minimum atomic E-state index is -0.778. The monoisotopic (exact) mass is 210 g/mol. The predicted molar refractivity (Wildman–Crippen MR) is 47.4 cm³/mol. The fourth-order valence-corrected chi connectivity index (χ4v) is 1.90. The molecular weight excluding hydrogens is 200 g/mol. The Morgan fingerprint density at radius 2 is 2.07 bits per heavy atom. The van der Waals surface area contributed by atoms with Gasteiger partial charge in [-0.05, 0) is 6.42 Å². The number of imide groups is 4. The molecule has 0 aromatic heterocycles. The third-order valence-corrected chi connectivity index (χ3v) is 2.67. The zero-order chi connectivity index (χ0) is 11.2. The van der Waals surface area contributed by atoms with E-state index in [1.807, 2.05) is 0 Å². The lowest BCUT2D eigenvalue weighted by molar-refractivity contribution is -0.139. The van der Waals surface area contributed by atoms with E-state index in [1.54, 1.807) is 6.92 Å². The Labute approximate surface area is 85.8 Å². The van der Waals surface area contributed by atoms with Gasteiger partial charge in [0, 0.05) is 12.8 Å². The summed E-state index contributed by atoms with van der Waals surface area (Å²) in [5.41, 5.74) is 0. The van der Waals surface area contributed by atoms with Crippen molar-refractivity contribution in [3.05, 3.63) is 0 Å². The summed E-state index contributed by atoms with van der Waals surface area (Å²) in [5, 5.41) is 0. The summed E-state index contributed by atoms with van der Waals surface area (Å²) in [6, 6.07) is -1.51. The second-order valence-electron chi connectivity index (χ2n) is 3.52. The highest BCUT2D eigenvalue weighted by Crippen LogP contribution is 2.28. The van der Waals surface area contributed by atoms with Crippen LogP contribution in [0.15, 0.2) is 0 Å². The van der Waals surface area contributed by atoms with Crippen LogP contribution in [0.2, 0.25) is 0 Å². The molecular formula is C9H10N2O4. The smallest absolute Gasteiger partial charge is 0.274 e. The molecule has 1 unspecified atom stereocenters. The Balaban J connectivity index is 2.33. The first-order chi connectivity index (χ1) is 7.07. The highest BCUT2D eigenvalue weighted by molar-refractivity contribution is 6.21. The van der Waals surface area contributed by atoms with Gasteiger partial charge in [0.15, 0.2) is 0 Å². The van der Waals surface area contributed by atoms with Gasteiger partial charge in [0.25, 0.3) is 5.91 Å². The van der Waals surface area contributed by atoms with E-state index in [4.69, 9.17) is 0 Å². The number of fused-ring (bicyclic) bond motifs is 1. The molecule has 0 N–H and O–H groups in total. The van der Waals surface area contributed by atoms with Crippen LogP contribution in [-0.2, 0) is 14.4 Å². The lowest BCUT2D eigenvalue weighted by Crippen LogP contribution is -2.39. The van der Waals surface area contributed by atoms with Gasteiger partial charge in [-0.15, -0.1) is 0 Å². The average Bonchev–Trinajstić information content (AvgIpc) is 2.69. The number of carbonyl (C=O) groups is 4. The third kappa shape index (κ3) is 1.17. The molecule has 0 bridgehead atoms. The molecule has 6 heteroatoms. The lowest BCUT2D eigenvalue weighted by atomic mass is 10.2. The number of hydrogen-bond donors (Lipinski definition) is 0. The van der Waals surface area contributed by atoms with Gasteiger partial charge in [-0.2, -0.15) is 4.90 Å². The van der Waals surface area contributed by atoms with Crippen LogP contribution in [0.5, 0.6) is 0 Å². The van der Waals surface area contributed by atoms with Gasteiger partial charge in [-0.25, -0.2) is 4.79 Å². The number of hydrogen-bond acceptors (Lipinski definition) is 4. The van der Waals surface area contributed by atoms with Crippen LogP contribution in [0.3, 0.4) is 0 Å². The molecule has 0 spiro atoms.